The number of nitrogens with one attached hydrogen (secondary N) is 1. The maximum Gasteiger partial charge on any atom is 0.247 e. The van der Waals surface area contributed by atoms with Gasteiger partial charge in [-0.05, 0) is 35.9 Å². The highest BCUT2D eigenvalue weighted by molar-refractivity contribution is 6.30. The molecule has 0 spiro atoms. The molecule has 5 nitrogen and oxygen atoms in total. The predicted molar refractivity (Wildman–Crippen MR) is 79.5 cm³/mol. The monoisotopic (exact) mass is 300 g/mol. The minimum absolute atomic E-state index is 0.471. The lowest BCUT2D eigenvalue weighted by molar-refractivity contribution is 0.477. The number of hydrogen-bond donors (Lipinski definition) is 1. The van der Waals surface area contributed by atoms with Crippen LogP contribution in [-0.4, -0.2) is 15.2 Å². The summed E-state index contributed by atoms with van der Waals surface area (Å²) in [4.78, 5) is 3.98. The molecule has 0 saturated heterocycles. The molecular weight excluding hydrogens is 288 g/mol. The van der Waals surface area contributed by atoms with Crippen LogP contribution in [0, 0.1) is 0 Å². The summed E-state index contributed by atoms with van der Waals surface area (Å²) >= 11 is 5.95. The molecule has 0 bridgehead atoms. The van der Waals surface area contributed by atoms with Gasteiger partial charge in [-0.2, -0.15) is 0 Å². The quantitative estimate of drug-likeness (QED) is 0.784. The van der Waals surface area contributed by atoms with Gasteiger partial charge < -0.3 is 9.73 Å². The molecule has 1 N–H and O–H groups in total. The number of pyridine rings is 1. The van der Waals surface area contributed by atoms with Gasteiger partial charge >= 0.3 is 0 Å². The first-order valence-electron chi connectivity index (χ1n) is 6.49. The normalized spacial score (nSPS) is 10.7. The fraction of sp³-hybridized carbons (Fsp3) is 0.133. The Bertz CT molecular complexity index is 714. The molecule has 0 fully saturated rings. The van der Waals surface area contributed by atoms with Crippen molar-refractivity contribution in [2.24, 2.45) is 0 Å². The van der Waals surface area contributed by atoms with E-state index in [-0.39, 0.29) is 0 Å². The Morgan fingerprint density at radius 2 is 1.90 bits per heavy atom. The molecular formula is C15H13ClN4O. The second-order valence-electron chi connectivity index (χ2n) is 4.47. The summed E-state index contributed by atoms with van der Waals surface area (Å²) in [7, 11) is 0. The molecule has 3 rings (SSSR count). The molecule has 2 heterocycles. The summed E-state index contributed by atoms with van der Waals surface area (Å²) in [6.07, 6.45) is 3.53. The minimum Gasteiger partial charge on any atom is -0.419 e. The summed E-state index contributed by atoms with van der Waals surface area (Å²) < 4.78 is 5.61. The highest BCUT2D eigenvalue weighted by Gasteiger charge is 2.08. The van der Waals surface area contributed by atoms with E-state index in [0.29, 0.717) is 23.3 Å². The van der Waals surface area contributed by atoms with E-state index >= 15 is 0 Å². The van der Waals surface area contributed by atoms with Crippen LogP contribution in [0.25, 0.3) is 11.5 Å². The Labute approximate surface area is 127 Å². The molecule has 0 radical (unpaired) electrons. The van der Waals surface area contributed by atoms with Crippen molar-refractivity contribution in [3.8, 4) is 11.5 Å². The Morgan fingerprint density at radius 1 is 1.05 bits per heavy atom. The average Bonchev–Trinajstić information content (AvgIpc) is 2.97. The topological polar surface area (TPSA) is 63.8 Å². The van der Waals surface area contributed by atoms with Crippen LogP contribution in [0.5, 0.6) is 0 Å². The molecule has 0 aliphatic rings. The first-order valence-corrected chi connectivity index (χ1v) is 6.87. The molecule has 0 atom stereocenters. The molecule has 21 heavy (non-hydrogen) atoms. The van der Waals surface area contributed by atoms with Gasteiger partial charge in [-0.15, -0.1) is 10.2 Å². The molecule has 2 aromatic heterocycles. The summed E-state index contributed by atoms with van der Waals surface area (Å²) in [5.74, 6) is 1.01. The van der Waals surface area contributed by atoms with Crippen molar-refractivity contribution >= 4 is 11.6 Å². The van der Waals surface area contributed by atoms with E-state index in [9.17, 15) is 0 Å². The zero-order valence-electron chi connectivity index (χ0n) is 11.2. The van der Waals surface area contributed by atoms with Gasteiger partial charge in [-0.25, -0.2) is 0 Å². The standard InChI is InChI=1S/C15H13ClN4O/c16-13-3-1-2-12(8-13)15-20-19-14(21-15)10-18-9-11-4-6-17-7-5-11/h1-8,18H,9-10H2. The van der Waals surface area contributed by atoms with Gasteiger partial charge in [-0.3, -0.25) is 4.98 Å². The zero-order chi connectivity index (χ0) is 14.5. The van der Waals surface area contributed by atoms with Crippen molar-refractivity contribution in [2.75, 3.05) is 0 Å². The lowest BCUT2D eigenvalue weighted by Gasteiger charge is -2.01. The molecule has 0 unspecified atom stereocenters. The van der Waals surface area contributed by atoms with Crippen molar-refractivity contribution in [1.82, 2.24) is 20.5 Å². The first kappa shape index (κ1) is 13.7. The molecule has 0 saturated carbocycles. The molecule has 0 aliphatic carbocycles. The summed E-state index contributed by atoms with van der Waals surface area (Å²) in [5.41, 5.74) is 1.97. The van der Waals surface area contributed by atoms with Crippen molar-refractivity contribution < 1.29 is 4.42 Å². The molecule has 106 valence electrons. The van der Waals surface area contributed by atoms with Crippen LogP contribution in [0.4, 0.5) is 0 Å². The molecule has 3 aromatic rings. The zero-order valence-corrected chi connectivity index (χ0v) is 11.9. The van der Waals surface area contributed by atoms with Gasteiger partial charge in [0.1, 0.15) is 0 Å². The number of hydrogen-bond acceptors (Lipinski definition) is 5. The maximum absolute atomic E-state index is 5.95. The van der Waals surface area contributed by atoms with Crippen LogP contribution in [0.2, 0.25) is 5.02 Å². The summed E-state index contributed by atoms with van der Waals surface area (Å²) in [6, 6.07) is 11.2. The predicted octanol–water partition coefficient (Wildman–Crippen LogP) is 3.07. The Morgan fingerprint density at radius 3 is 2.71 bits per heavy atom. The third kappa shape index (κ3) is 3.65. The molecule has 1 aromatic carbocycles. The number of rotatable bonds is 5. The van der Waals surface area contributed by atoms with E-state index in [1.165, 1.54) is 0 Å². The average molecular weight is 301 g/mol. The molecule has 0 aliphatic heterocycles. The lowest BCUT2D eigenvalue weighted by atomic mass is 10.2. The van der Waals surface area contributed by atoms with E-state index in [2.05, 4.69) is 20.5 Å². The maximum atomic E-state index is 5.95. The van der Waals surface area contributed by atoms with E-state index in [0.717, 1.165) is 17.7 Å². The number of aromatic nitrogens is 3. The van der Waals surface area contributed by atoms with Crippen LogP contribution < -0.4 is 5.32 Å². The van der Waals surface area contributed by atoms with Gasteiger partial charge in [0.25, 0.3) is 0 Å². The smallest absolute Gasteiger partial charge is 0.247 e. The van der Waals surface area contributed by atoms with Gasteiger partial charge in [0.2, 0.25) is 11.8 Å². The number of halogens is 1. The Kier molecular flexibility index (Phi) is 4.23. The third-order valence-corrected chi connectivity index (χ3v) is 3.13. The first-order chi connectivity index (χ1) is 10.3. The van der Waals surface area contributed by atoms with Gasteiger partial charge in [-0.1, -0.05) is 17.7 Å². The fourth-order valence-electron chi connectivity index (χ4n) is 1.88. The lowest BCUT2D eigenvalue weighted by Crippen LogP contribution is -2.12. The highest BCUT2D eigenvalue weighted by atomic mass is 35.5. The van der Waals surface area contributed by atoms with E-state index < -0.39 is 0 Å². The summed E-state index contributed by atoms with van der Waals surface area (Å²) in [6.45, 7) is 1.23. The van der Waals surface area contributed by atoms with Crippen molar-refractivity contribution in [2.45, 2.75) is 13.1 Å². The molecule has 0 amide bonds. The van der Waals surface area contributed by atoms with Gasteiger partial charge in [0, 0.05) is 29.5 Å². The van der Waals surface area contributed by atoms with E-state index in [1.807, 2.05) is 24.3 Å². The minimum atomic E-state index is 0.471. The number of nitrogens with zero attached hydrogens (tertiary/aromatic N) is 3. The largest absolute Gasteiger partial charge is 0.419 e. The second kappa shape index (κ2) is 6.47. The van der Waals surface area contributed by atoms with E-state index in [4.69, 9.17) is 16.0 Å². The van der Waals surface area contributed by atoms with Crippen LogP contribution in [0.15, 0.2) is 53.2 Å². The van der Waals surface area contributed by atoms with Gasteiger partial charge in [0.15, 0.2) is 0 Å². The van der Waals surface area contributed by atoms with Crippen LogP contribution in [0.3, 0.4) is 0 Å². The highest BCUT2D eigenvalue weighted by Crippen LogP contribution is 2.21. The van der Waals surface area contributed by atoms with Crippen LogP contribution >= 0.6 is 11.6 Å². The van der Waals surface area contributed by atoms with Crippen LogP contribution in [-0.2, 0) is 13.1 Å². The SMILES string of the molecule is Clc1cccc(-c2nnc(CNCc3ccncc3)o2)c1. The fourth-order valence-corrected chi connectivity index (χ4v) is 2.07. The number of benzene rings is 1. The summed E-state index contributed by atoms with van der Waals surface area (Å²) in [5, 5.41) is 11.9. The van der Waals surface area contributed by atoms with Gasteiger partial charge in [0.05, 0.1) is 6.54 Å². The Balaban J connectivity index is 1.60. The van der Waals surface area contributed by atoms with Crippen molar-refractivity contribution in [3.05, 3.63) is 65.3 Å². The van der Waals surface area contributed by atoms with Crippen LogP contribution in [0.1, 0.15) is 11.5 Å². The third-order valence-electron chi connectivity index (χ3n) is 2.89. The van der Waals surface area contributed by atoms with Crippen molar-refractivity contribution in [3.63, 3.8) is 0 Å². The van der Waals surface area contributed by atoms with E-state index in [1.54, 1.807) is 24.5 Å². The Hall–Kier alpha value is -2.24. The van der Waals surface area contributed by atoms with Crippen molar-refractivity contribution in [1.29, 1.82) is 0 Å². The second-order valence-corrected chi connectivity index (χ2v) is 4.91. The molecule has 6 heteroatoms.